The highest BCUT2D eigenvalue weighted by molar-refractivity contribution is 5.78. The van der Waals surface area contributed by atoms with Crippen molar-refractivity contribution in [2.45, 2.75) is 13.2 Å². The lowest BCUT2D eigenvalue weighted by atomic mass is 10.2. The first-order valence-corrected chi connectivity index (χ1v) is 7.24. The van der Waals surface area contributed by atoms with E-state index in [0.29, 0.717) is 29.7 Å². The second-order valence-corrected chi connectivity index (χ2v) is 5.13. The van der Waals surface area contributed by atoms with Gasteiger partial charge in [-0.3, -0.25) is 9.36 Å². The Labute approximate surface area is 132 Å². The van der Waals surface area contributed by atoms with Crippen molar-refractivity contribution in [1.29, 1.82) is 0 Å². The van der Waals surface area contributed by atoms with Gasteiger partial charge in [-0.05, 0) is 29.8 Å². The summed E-state index contributed by atoms with van der Waals surface area (Å²) < 4.78 is 20.3. The number of nitrogens with two attached hydrogens (primary N) is 1. The first-order chi connectivity index (χ1) is 11.2. The maximum atomic E-state index is 13.1. The van der Waals surface area contributed by atoms with Gasteiger partial charge in [0.25, 0.3) is 5.56 Å². The minimum absolute atomic E-state index is 0.128. The normalized spacial score (nSPS) is 10.9. The molecule has 0 saturated carbocycles. The first kappa shape index (κ1) is 15.2. The lowest BCUT2D eigenvalue weighted by Gasteiger charge is -2.08. The maximum Gasteiger partial charge on any atom is 0.261 e. The highest BCUT2D eigenvalue weighted by atomic mass is 19.1. The van der Waals surface area contributed by atoms with Crippen molar-refractivity contribution in [3.05, 3.63) is 70.5 Å². The standard InChI is InChI=1S/C17H16FN3O2/c18-13-3-1-2-12(8-13)10-23-14-4-5-15-16(9-14)20-11-21(7-6-19)17(15)22/h1-5,8-9,11H,6-7,10,19H2. The van der Waals surface area contributed by atoms with Crippen LogP contribution in [0.5, 0.6) is 5.75 Å². The Bertz CT molecular complexity index is 892. The van der Waals surface area contributed by atoms with Gasteiger partial charge in [0.05, 0.1) is 17.2 Å². The molecule has 0 atom stereocenters. The van der Waals surface area contributed by atoms with Gasteiger partial charge in [-0.2, -0.15) is 0 Å². The van der Waals surface area contributed by atoms with Crippen molar-refractivity contribution in [2.24, 2.45) is 5.73 Å². The van der Waals surface area contributed by atoms with E-state index in [1.807, 2.05) is 0 Å². The Morgan fingerprint density at radius 1 is 1.22 bits per heavy atom. The number of ether oxygens (including phenoxy) is 1. The fourth-order valence-corrected chi connectivity index (χ4v) is 2.32. The van der Waals surface area contributed by atoms with E-state index >= 15 is 0 Å². The van der Waals surface area contributed by atoms with Gasteiger partial charge in [0.15, 0.2) is 0 Å². The number of fused-ring (bicyclic) bond motifs is 1. The number of hydrogen-bond donors (Lipinski definition) is 1. The highest BCUT2D eigenvalue weighted by Gasteiger charge is 2.06. The summed E-state index contributed by atoms with van der Waals surface area (Å²) in [4.78, 5) is 16.5. The van der Waals surface area contributed by atoms with E-state index in [1.54, 1.807) is 30.3 Å². The van der Waals surface area contributed by atoms with Crippen molar-refractivity contribution in [3.63, 3.8) is 0 Å². The van der Waals surface area contributed by atoms with Gasteiger partial charge >= 0.3 is 0 Å². The van der Waals surface area contributed by atoms with Crippen LogP contribution in [-0.4, -0.2) is 16.1 Å². The van der Waals surface area contributed by atoms with Crippen LogP contribution in [-0.2, 0) is 13.2 Å². The van der Waals surface area contributed by atoms with Crippen molar-refractivity contribution in [2.75, 3.05) is 6.54 Å². The van der Waals surface area contributed by atoms with E-state index in [-0.39, 0.29) is 18.0 Å². The van der Waals surface area contributed by atoms with Gasteiger partial charge in [-0.25, -0.2) is 9.37 Å². The minimum atomic E-state index is -0.299. The fourth-order valence-electron chi connectivity index (χ4n) is 2.32. The van der Waals surface area contributed by atoms with Crippen molar-refractivity contribution < 1.29 is 9.13 Å². The molecule has 3 rings (SSSR count). The lowest BCUT2D eigenvalue weighted by molar-refractivity contribution is 0.306. The molecule has 1 heterocycles. The lowest BCUT2D eigenvalue weighted by Crippen LogP contribution is -2.24. The molecule has 23 heavy (non-hydrogen) atoms. The molecule has 2 aromatic carbocycles. The maximum absolute atomic E-state index is 13.1. The summed E-state index contributed by atoms with van der Waals surface area (Å²) in [6.07, 6.45) is 1.48. The molecule has 0 spiro atoms. The first-order valence-electron chi connectivity index (χ1n) is 7.24. The van der Waals surface area contributed by atoms with Crippen LogP contribution in [0.1, 0.15) is 5.56 Å². The van der Waals surface area contributed by atoms with Gasteiger partial charge in [0.2, 0.25) is 0 Å². The molecule has 6 heteroatoms. The summed E-state index contributed by atoms with van der Waals surface area (Å²) in [6.45, 7) is 1.05. The van der Waals surface area contributed by atoms with Crippen LogP contribution in [0, 0.1) is 5.82 Å². The second-order valence-electron chi connectivity index (χ2n) is 5.13. The van der Waals surface area contributed by atoms with Gasteiger partial charge in [-0.15, -0.1) is 0 Å². The van der Waals surface area contributed by atoms with E-state index in [9.17, 15) is 9.18 Å². The van der Waals surface area contributed by atoms with E-state index in [0.717, 1.165) is 5.56 Å². The van der Waals surface area contributed by atoms with Crippen molar-refractivity contribution in [3.8, 4) is 5.75 Å². The van der Waals surface area contributed by atoms with Crippen LogP contribution in [0.3, 0.4) is 0 Å². The molecular formula is C17H16FN3O2. The van der Waals surface area contributed by atoms with E-state index in [2.05, 4.69) is 4.98 Å². The quantitative estimate of drug-likeness (QED) is 0.783. The molecule has 0 radical (unpaired) electrons. The zero-order valence-electron chi connectivity index (χ0n) is 12.4. The van der Waals surface area contributed by atoms with Gasteiger partial charge < -0.3 is 10.5 Å². The van der Waals surface area contributed by atoms with Crippen molar-refractivity contribution >= 4 is 10.9 Å². The molecule has 0 aliphatic carbocycles. The third kappa shape index (κ3) is 3.37. The van der Waals surface area contributed by atoms with Crippen LogP contribution in [0.2, 0.25) is 0 Å². The molecule has 0 aliphatic heterocycles. The Kier molecular flexibility index (Phi) is 4.34. The predicted octanol–water partition coefficient (Wildman–Crippen LogP) is 2.07. The van der Waals surface area contributed by atoms with Crippen LogP contribution in [0.25, 0.3) is 10.9 Å². The van der Waals surface area contributed by atoms with Gasteiger partial charge in [0, 0.05) is 19.2 Å². The molecule has 5 nitrogen and oxygen atoms in total. The molecule has 0 fully saturated rings. The summed E-state index contributed by atoms with van der Waals surface area (Å²) >= 11 is 0. The van der Waals surface area contributed by atoms with Crippen LogP contribution in [0.4, 0.5) is 4.39 Å². The zero-order chi connectivity index (χ0) is 16.2. The zero-order valence-corrected chi connectivity index (χ0v) is 12.4. The number of rotatable bonds is 5. The second kappa shape index (κ2) is 6.58. The summed E-state index contributed by atoms with van der Waals surface area (Å²) in [6, 6.07) is 11.3. The number of aromatic nitrogens is 2. The number of benzene rings is 2. The number of hydrogen-bond acceptors (Lipinski definition) is 4. The Balaban J connectivity index is 1.83. The average Bonchev–Trinajstić information content (AvgIpc) is 2.56. The van der Waals surface area contributed by atoms with E-state index in [4.69, 9.17) is 10.5 Å². The van der Waals surface area contributed by atoms with Crippen molar-refractivity contribution in [1.82, 2.24) is 9.55 Å². The SMILES string of the molecule is NCCn1cnc2cc(OCc3cccc(F)c3)ccc2c1=O. The smallest absolute Gasteiger partial charge is 0.261 e. The average molecular weight is 313 g/mol. The molecular weight excluding hydrogens is 297 g/mol. The molecule has 0 amide bonds. The fraction of sp³-hybridized carbons (Fsp3) is 0.176. The molecule has 0 saturated heterocycles. The third-order valence-corrected chi connectivity index (χ3v) is 3.46. The summed E-state index contributed by atoms with van der Waals surface area (Å²) in [5, 5.41) is 0.513. The van der Waals surface area contributed by atoms with E-state index < -0.39 is 0 Å². The van der Waals surface area contributed by atoms with Crippen LogP contribution < -0.4 is 16.0 Å². The molecule has 3 aromatic rings. The van der Waals surface area contributed by atoms with Gasteiger partial charge in [-0.1, -0.05) is 12.1 Å². The van der Waals surface area contributed by atoms with Crippen LogP contribution >= 0.6 is 0 Å². The van der Waals surface area contributed by atoms with Gasteiger partial charge in [0.1, 0.15) is 18.2 Å². The Morgan fingerprint density at radius 2 is 2.09 bits per heavy atom. The largest absolute Gasteiger partial charge is 0.489 e. The Morgan fingerprint density at radius 3 is 2.87 bits per heavy atom. The predicted molar refractivity (Wildman–Crippen MR) is 85.8 cm³/mol. The van der Waals surface area contributed by atoms with E-state index in [1.165, 1.54) is 23.0 Å². The molecule has 0 aliphatic rings. The summed E-state index contributed by atoms with van der Waals surface area (Å²) in [7, 11) is 0. The number of nitrogens with zero attached hydrogens (tertiary/aromatic N) is 2. The summed E-state index contributed by atoms with van der Waals surface area (Å²) in [5.41, 5.74) is 6.63. The van der Waals surface area contributed by atoms with Crippen LogP contribution in [0.15, 0.2) is 53.6 Å². The highest BCUT2D eigenvalue weighted by Crippen LogP contribution is 2.18. The molecule has 2 N–H and O–H groups in total. The topological polar surface area (TPSA) is 70.1 Å². The third-order valence-electron chi connectivity index (χ3n) is 3.46. The molecule has 0 unspecified atom stereocenters. The molecule has 118 valence electrons. The molecule has 1 aromatic heterocycles. The Hall–Kier alpha value is -2.73. The monoisotopic (exact) mass is 313 g/mol. The molecule has 0 bridgehead atoms. The number of halogens is 1. The minimum Gasteiger partial charge on any atom is -0.489 e. The summed E-state index contributed by atoms with van der Waals surface area (Å²) in [5.74, 6) is 0.275.